The molecule has 1 aromatic heterocycles. The summed E-state index contributed by atoms with van der Waals surface area (Å²) in [6.45, 7) is 2.64. The number of para-hydroxylation sites is 1. The lowest BCUT2D eigenvalue weighted by atomic mass is 10.2. The van der Waals surface area contributed by atoms with Gasteiger partial charge in [0.15, 0.2) is 0 Å². The van der Waals surface area contributed by atoms with Crippen LogP contribution in [0.2, 0.25) is 0 Å². The third kappa shape index (κ3) is 4.31. The van der Waals surface area contributed by atoms with E-state index in [1.165, 1.54) is 31.2 Å². The highest BCUT2D eigenvalue weighted by molar-refractivity contribution is 5.64. The molecule has 3 aromatic rings. The van der Waals surface area contributed by atoms with Crippen LogP contribution in [0.4, 0.5) is 23.2 Å². The summed E-state index contributed by atoms with van der Waals surface area (Å²) in [6.07, 6.45) is -4.13. The fourth-order valence-electron chi connectivity index (χ4n) is 3.53. The van der Waals surface area contributed by atoms with Gasteiger partial charge in [0.25, 0.3) is 5.56 Å². The molecule has 10 heteroatoms. The number of morpholine rings is 1. The second-order valence-corrected chi connectivity index (χ2v) is 7.18. The molecule has 0 spiro atoms. The van der Waals surface area contributed by atoms with E-state index >= 15 is 8.78 Å². The van der Waals surface area contributed by atoms with Crippen LogP contribution in [0.15, 0.2) is 53.3 Å². The minimum Gasteiger partial charge on any atom is -0.426 e. The van der Waals surface area contributed by atoms with Crippen molar-refractivity contribution in [3.8, 4) is 11.4 Å². The van der Waals surface area contributed by atoms with E-state index in [1.54, 1.807) is 4.90 Å². The van der Waals surface area contributed by atoms with Crippen LogP contribution >= 0.6 is 0 Å². The van der Waals surface area contributed by atoms with Gasteiger partial charge >= 0.3 is 6.11 Å². The third-order valence-corrected chi connectivity index (χ3v) is 4.88. The number of aromatic nitrogens is 2. The zero-order valence-corrected chi connectivity index (χ0v) is 17.0. The Hall–Kier alpha value is -3.40. The van der Waals surface area contributed by atoms with Crippen molar-refractivity contribution in [3.05, 3.63) is 82.0 Å². The molecule has 0 aliphatic carbocycles. The number of hydrogen-bond donors (Lipinski definition) is 0. The molecule has 1 aliphatic heterocycles. The summed E-state index contributed by atoms with van der Waals surface area (Å²) in [5.74, 6) is -2.96. The van der Waals surface area contributed by atoms with Crippen molar-refractivity contribution in [2.24, 2.45) is 0 Å². The van der Waals surface area contributed by atoms with Gasteiger partial charge in [-0.05, 0) is 31.2 Å². The molecule has 0 saturated carbocycles. The van der Waals surface area contributed by atoms with Crippen LogP contribution in [-0.4, -0.2) is 35.9 Å². The predicted octanol–water partition coefficient (Wildman–Crippen LogP) is 3.78. The number of alkyl halides is 2. The fourth-order valence-corrected chi connectivity index (χ4v) is 3.53. The highest BCUT2D eigenvalue weighted by Gasteiger charge is 2.41. The molecule has 1 fully saturated rings. The Balaban J connectivity index is 1.88. The van der Waals surface area contributed by atoms with Gasteiger partial charge in [-0.25, -0.2) is 13.8 Å². The molecule has 0 bridgehead atoms. The van der Waals surface area contributed by atoms with Crippen molar-refractivity contribution < 1.29 is 27.0 Å². The smallest absolute Gasteiger partial charge is 0.426 e. The van der Waals surface area contributed by atoms with E-state index in [2.05, 4.69) is 4.98 Å². The van der Waals surface area contributed by atoms with Crippen LogP contribution in [-0.2, 0) is 10.8 Å². The topological polar surface area (TPSA) is 56.6 Å². The number of nitrogens with zero attached hydrogens (tertiary/aromatic N) is 3. The van der Waals surface area contributed by atoms with Gasteiger partial charge in [0.05, 0.1) is 24.6 Å². The Morgan fingerprint density at radius 1 is 1.06 bits per heavy atom. The second kappa shape index (κ2) is 8.62. The summed E-state index contributed by atoms with van der Waals surface area (Å²) in [7, 11) is 0. The summed E-state index contributed by atoms with van der Waals surface area (Å²) >= 11 is 0. The van der Waals surface area contributed by atoms with Crippen LogP contribution in [0.25, 0.3) is 5.69 Å². The Morgan fingerprint density at radius 2 is 1.78 bits per heavy atom. The molecular weight excluding hydrogens is 430 g/mol. The molecule has 2 aromatic carbocycles. The number of ether oxygens (including phenoxy) is 2. The van der Waals surface area contributed by atoms with E-state index in [0.29, 0.717) is 30.9 Å². The van der Waals surface area contributed by atoms with Gasteiger partial charge in [0.2, 0.25) is 5.82 Å². The Kier molecular flexibility index (Phi) is 5.88. The minimum atomic E-state index is -4.13. The summed E-state index contributed by atoms with van der Waals surface area (Å²) in [5, 5.41) is 0. The molecule has 0 atom stereocenters. The van der Waals surface area contributed by atoms with Crippen molar-refractivity contribution in [2.75, 3.05) is 31.2 Å². The number of anilines is 1. The SMILES string of the molecule is Cc1cc(=O)n(-c2cccc(F)c2N2CCOCC2)c(C(F)(F)Oc2cccc(F)c2)n1. The van der Waals surface area contributed by atoms with E-state index in [-0.39, 0.29) is 17.1 Å². The predicted molar refractivity (Wildman–Crippen MR) is 108 cm³/mol. The van der Waals surface area contributed by atoms with Crippen LogP contribution in [0.1, 0.15) is 11.5 Å². The summed E-state index contributed by atoms with van der Waals surface area (Å²) in [6, 6.07) is 9.14. The molecular formula is C22H19F4N3O3. The van der Waals surface area contributed by atoms with E-state index < -0.39 is 34.9 Å². The van der Waals surface area contributed by atoms with Crippen molar-refractivity contribution >= 4 is 5.69 Å². The van der Waals surface area contributed by atoms with Gasteiger partial charge in [-0.2, -0.15) is 8.78 Å². The van der Waals surface area contributed by atoms with Crippen LogP contribution in [0.5, 0.6) is 5.75 Å². The highest BCUT2D eigenvalue weighted by Crippen LogP contribution is 2.34. The van der Waals surface area contributed by atoms with Crippen molar-refractivity contribution in [3.63, 3.8) is 0 Å². The van der Waals surface area contributed by atoms with Gasteiger partial charge in [-0.15, -0.1) is 0 Å². The van der Waals surface area contributed by atoms with Crippen LogP contribution in [0, 0.1) is 18.6 Å². The number of benzene rings is 2. The van der Waals surface area contributed by atoms with Gasteiger partial charge < -0.3 is 14.4 Å². The zero-order valence-electron chi connectivity index (χ0n) is 17.0. The molecule has 0 radical (unpaired) electrons. The molecule has 1 saturated heterocycles. The third-order valence-electron chi connectivity index (χ3n) is 4.88. The quantitative estimate of drug-likeness (QED) is 0.555. The van der Waals surface area contributed by atoms with E-state index in [9.17, 15) is 13.6 Å². The number of halogens is 4. The Morgan fingerprint density at radius 3 is 2.50 bits per heavy atom. The molecule has 168 valence electrons. The monoisotopic (exact) mass is 449 g/mol. The maximum Gasteiger partial charge on any atom is 0.461 e. The average molecular weight is 449 g/mol. The molecule has 6 nitrogen and oxygen atoms in total. The maximum atomic E-state index is 15.3. The van der Waals surface area contributed by atoms with E-state index in [1.807, 2.05) is 0 Å². The van der Waals surface area contributed by atoms with E-state index in [4.69, 9.17) is 9.47 Å². The summed E-state index contributed by atoms with van der Waals surface area (Å²) in [4.78, 5) is 18.3. The normalized spacial score (nSPS) is 14.5. The number of aryl methyl sites for hydroxylation is 1. The summed E-state index contributed by atoms with van der Waals surface area (Å²) in [5.41, 5.74) is -0.948. The Labute approximate surface area is 180 Å². The van der Waals surface area contributed by atoms with Crippen molar-refractivity contribution in [2.45, 2.75) is 13.0 Å². The summed E-state index contributed by atoms with van der Waals surface area (Å²) < 4.78 is 69.5. The first-order valence-corrected chi connectivity index (χ1v) is 9.81. The number of hydrogen-bond acceptors (Lipinski definition) is 5. The molecule has 32 heavy (non-hydrogen) atoms. The molecule has 0 unspecified atom stereocenters. The lowest BCUT2D eigenvalue weighted by Gasteiger charge is -2.31. The van der Waals surface area contributed by atoms with Gasteiger partial charge in [-0.3, -0.25) is 9.36 Å². The van der Waals surface area contributed by atoms with Crippen LogP contribution < -0.4 is 15.2 Å². The number of rotatable bonds is 5. The fraction of sp³-hybridized carbons (Fsp3) is 0.273. The van der Waals surface area contributed by atoms with Gasteiger partial charge in [0.1, 0.15) is 17.4 Å². The van der Waals surface area contributed by atoms with Crippen molar-refractivity contribution in [1.29, 1.82) is 0 Å². The molecule has 0 amide bonds. The first-order valence-electron chi connectivity index (χ1n) is 9.81. The standard InChI is InChI=1S/C22H19F4N3O3/c1-14-12-19(30)29(18-7-3-6-17(24)20(18)28-8-10-31-11-9-28)21(27-14)22(25,26)32-16-5-2-4-15(23)13-16/h2-7,12-13H,8-11H2,1H3. The first-order chi connectivity index (χ1) is 15.3. The molecule has 0 N–H and O–H groups in total. The molecule has 2 heterocycles. The maximum absolute atomic E-state index is 15.3. The zero-order chi connectivity index (χ0) is 22.9. The second-order valence-electron chi connectivity index (χ2n) is 7.18. The van der Waals surface area contributed by atoms with Gasteiger partial charge in [-0.1, -0.05) is 12.1 Å². The van der Waals surface area contributed by atoms with Crippen molar-refractivity contribution in [1.82, 2.24) is 9.55 Å². The largest absolute Gasteiger partial charge is 0.461 e. The minimum absolute atomic E-state index is 0.0214. The lowest BCUT2D eigenvalue weighted by molar-refractivity contribution is -0.193. The van der Waals surface area contributed by atoms with Gasteiger partial charge in [0, 0.05) is 30.9 Å². The highest BCUT2D eigenvalue weighted by atomic mass is 19.3. The lowest BCUT2D eigenvalue weighted by Crippen LogP contribution is -2.39. The molecule has 4 rings (SSSR count). The molecule has 1 aliphatic rings. The van der Waals surface area contributed by atoms with E-state index in [0.717, 1.165) is 24.3 Å². The average Bonchev–Trinajstić information content (AvgIpc) is 2.73. The first kappa shape index (κ1) is 21.8. The van der Waals surface area contributed by atoms with Crippen LogP contribution in [0.3, 0.4) is 0 Å². The Bertz CT molecular complexity index is 1190.